The van der Waals surface area contributed by atoms with Gasteiger partial charge in [0.25, 0.3) is 0 Å². The lowest BCUT2D eigenvalue weighted by Crippen LogP contribution is -3.09. The molecule has 3 unspecified atom stereocenters. The summed E-state index contributed by atoms with van der Waals surface area (Å²) in [6.07, 6.45) is 7.53. The Bertz CT molecular complexity index is 1590. The van der Waals surface area contributed by atoms with E-state index in [1.165, 1.54) is 32.4 Å². The number of H-pyrrole nitrogens is 2. The minimum absolute atomic E-state index is 0.213. The van der Waals surface area contributed by atoms with Crippen molar-refractivity contribution in [1.29, 1.82) is 0 Å². The molecule has 3 atom stereocenters. The summed E-state index contributed by atoms with van der Waals surface area (Å²) in [6.45, 7) is 0. The number of benzene rings is 2. The van der Waals surface area contributed by atoms with E-state index in [2.05, 4.69) is 64.7 Å². The Morgan fingerprint density at radius 1 is 0.882 bits per heavy atom. The van der Waals surface area contributed by atoms with Crippen molar-refractivity contribution < 1.29 is 14.4 Å². The van der Waals surface area contributed by atoms with Crippen molar-refractivity contribution in [3.05, 3.63) is 77.9 Å². The molecule has 0 amide bonds. The van der Waals surface area contributed by atoms with Crippen molar-refractivity contribution >= 4 is 38.5 Å². The van der Waals surface area contributed by atoms with E-state index in [0.29, 0.717) is 6.04 Å². The van der Waals surface area contributed by atoms with E-state index in [4.69, 9.17) is 14.5 Å². The zero-order valence-electron chi connectivity index (χ0n) is 19.3. The zero-order valence-corrected chi connectivity index (χ0v) is 19.3. The number of aromatic nitrogens is 3. The van der Waals surface area contributed by atoms with Crippen LogP contribution in [-0.4, -0.2) is 29.2 Å². The van der Waals surface area contributed by atoms with Crippen LogP contribution in [0, 0.1) is 0 Å². The number of nitrogens with zero attached hydrogens (tertiary/aromatic N) is 1. The number of methoxy groups -OCH3 is 2. The first-order chi connectivity index (χ1) is 16.8. The number of piperidine rings is 1. The summed E-state index contributed by atoms with van der Waals surface area (Å²) in [5.74, 6) is 1.75. The Kier molecular flexibility index (Phi) is 4.26. The van der Waals surface area contributed by atoms with Crippen molar-refractivity contribution in [1.82, 2.24) is 15.0 Å². The zero-order chi connectivity index (χ0) is 22.8. The quantitative estimate of drug-likeness (QED) is 0.361. The number of aromatic amines is 2. The van der Waals surface area contributed by atoms with Gasteiger partial charge in [0.15, 0.2) is 5.76 Å². The third kappa shape index (κ3) is 2.63. The molecule has 3 N–H and O–H groups in total. The first kappa shape index (κ1) is 19.7. The summed E-state index contributed by atoms with van der Waals surface area (Å²) in [5.41, 5.74) is 6.94. The van der Waals surface area contributed by atoms with Crippen LogP contribution in [0.2, 0.25) is 0 Å². The highest BCUT2D eigenvalue weighted by atomic mass is 16.5. The Morgan fingerprint density at radius 3 is 2.41 bits per heavy atom. The lowest BCUT2D eigenvalue weighted by Gasteiger charge is -2.39. The molecule has 6 heteroatoms. The largest absolute Gasteiger partial charge is 0.494 e. The third-order valence-corrected chi connectivity index (χ3v) is 7.72. The van der Waals surface area contributed by atoms with Gasteiger partial charge in [0.05, 0.1) is 42.6 Å². The molecule has 1 saturated heterocycles. The van der Waals surface area contributed by atoms with Gasteiger partial charge >= 0.3 is 0 Å². The number of pyridine rings is 1. The van der Waals surface area contributed by atoms with Crippen molar-refractivity contribution in [2.45, 2.75) is 31.3 Å². The maximum Gasteiger partial charge on any atom is 0.181 e. The average molecular weight is 452 g/mol. The van der Waals surface area contributed by atoms with Crippen LogP contribution in [0.25, 0.3) is 38.5 Å². The number of fused-ring (bicyclic) bond motifs is 8. The van der Waals surface area contributed by atoms with Gasteiger partial charge in [-0.1, -0.05) is 36.4 Å². The number of nitrogens with one attached hydrogen (secondary N) is 3. The van der Waals surface area contributed by atoms with Gasteiger partial charge in [-0.25, -0.2) is 4.98 Å². The Hall–Kier alpha value is -3.77. The Morgan fingerprint density at radius 2 is 1.62 bits per heavy atom. The fourth-order valence-corrected chi connectivity index (χ4v) is 6.25. The first-order valence-electron chi connectivity index (χ1n) is 11.9. The molecule has 0 bridgehead atoms. The smallest absolute Gasteiger partial charge is 0.181 e. The van der Waals surface area contributed by atoms with Crippen LogP contribution < -0.4 is 9.64 Å². The topological polar surface area (TPSA) is 67.4 Å². The fraction of sp³-hybridized carbons (Fsp3) is 0.250. The summed E-state index contributed by atoms with van der Waals surface area (Å²) in [7, 11) is 3.49. The van der Waals surface area contributed by atoms with E-state index in [1.54, 1.807) is 14.2 Å². The molecule has 7 rings (SSSR count). The van der Waals surface area contributed by atoms with Crippen LogP contribution in [0.1, 0.15) is 48.3 Å². The maximum atomic E-state index is 5.96. The number of rotatable bonds is 3. The molecular weight excluding hydrogens is 424 g/mol. The van der Waals surface area contributed by atoms with Gasteiger partial charge < -0.3 is 19.4 Å². The number of hydrogen-bond acceptors (Lipinski definition) is 3. The molecule has 0 radical (unpaired) electrons. The van der Waals surface area contributed by atoms with Crippen LogP contribution in [0.3, 0.4) is 0 Å². The summed E-state index contributed by atoms with van der Waals surface area (Å²) < 4.78 is 11.7. The molecule has 0 saturated carbocycles. The Balaban J connectivity index is 1.43. The highest BCUT2D eigenvalue weighted by Gasteiger charge is 2.43. The summed E-state index contributed by atoms with van der Waals surface area (Å²) in [5, 5.41) is 3.52. The number of ether oxygens (including phenoxy) is 2. The average Bonchev–Trinajstić information content (AvgIpc) is 3.47. The molecule has 34 heavy (non-hydrogen) atoms. The first-order valence-corrected chi connectivity index (χ1v) is 11.9. The van der Waals surface area contributed by atoms with Gasteiger partial charge in [0.1, 0.15) is 29.7 Å². The third-order valence-electron chi connectivity index (χ3n) is 7.72. The van der Waals surface area contributed by atoms with E-state index in [-0.39, 0.29) is 6.04 Å². The van der Waals surface area contributed by atoms with E-state index < -0.39 is 0 Å². The molecule has 3 aromatic heterocycles. The van der Waals surface area contributed by atoms with Crippen LogP contribution in [0.5, 0.6) is 5.75 Å². The van der Waals surface area contributed by atoms with Gasteiger partial charge in [-0.05, 0) is 18.6 Å². The van der Waals surface area contributed by atoms with Crippen LogP contribution in [-0.2, 0) is 4.74 Å². The predicted octanol–water partition coefficient (Wildman–Crippen LogP) is 5.02. The lowest BCUT2D eigenvalue weighted by molar-refractivity contribution is -0.920. The SMILES string of the molecule is COC1=C[NH+]2C(CCCC2c2ncc(OC)c3c2[nH]c2ccccc23)c2[nH]c3ccccc3c21. The van der Waals surface area contributed by atoms with Crippen LogP contribution >= 0.6 is 0 Å². The van der Waals surface area contributed by atoms with Crippen molar-refractivity contribution in [2.75, 3.05) is 14.2 Å². The van der Waals surface area contributed by atoms with Gasteiger partial charge in [-0.15, -0.1) is 0 Å². The molecule has 6 nitrogen and oxygen atoms in total. The molecule has 0 aliphatic carbocycles. The monoisotopic (exact) mass is 451 g/mol. The second-order valence-electron chi connectivity index (χ2n) is 9.34. The highest BCUT2D eigenvalue weighted by Crippen LogP contribution is 2.41. The molecule has 5 aromatic rings. The van der Waals surface area contributed by atoms with E-state index >= 15 is 0 Å². The highest BCUT2D eigenvalue weighted by molar-refractivity contribution is 6.11. The number of hydrogen-bond donors (Lipinski definition) is 3. The molecule has 170 valence electrons. The van der Waals surface area contributed by atoms with Gasteiger partial charge in [-0.3, -0.25) is 4.90 Å². The van der Waals surface area contributed by atoms with Crippen LogP contribution in [0.15, 0.2) is 60.9 Å². The van der Waals surface area contributed by atoms with Crippen molar-refractivity contribution in [3.63, 3.8) is 0 Å². The molecule has 5 heterocycles. The maximum absolute atomic E-state index is 5.96. The summed E-state index contributed by atoms with van der Waals surface area (Å²) in [6, 6.07) is 17.5. The normalized spacial score (nSPS) is 21.9. The van der Waals surface area contributed by atoms with Gasteiger partial charge in [0.2, 0.25) is 0 Å². The van der Waals surface area contributed by atoms with Crippen molar-refractivity contribution in [2.24, 2.45) is 0 Å². The second kappa shape index (κ2) is 7.37. The lowest BCUT2D eigenvalue weighted by atomic mass is 9.87. The molecular formula is C28H27N4O2+. The minimum Gasteiger partial charge on any atom is -0.494 e. The Labute approximate surface area is 197 Å². The van der Waals surface area contributed by atoms with E-state index in [9.17, 15) is 0 Å². The summed E-state index contributed by atoms with van der Waals surface area (Å²) >= 11 is 0. The predicted molar refractivity (Wildman–Crippen MR) is 134 cm³/mol. The molecule has 2 aliphatic heterocycles. The molecule has 2 aliphatic rings. The van der Waals surface area contributed by atoms with E-state index in [0.717, 1.165) is 52.9 Å². The van der Waals surface area contributed by atoms with Gasteiger partial charge in [0, 0.05) is 34.6 Å². The fourth-order valence-electron chi connectivity index (χ4n) is 6.25. The minimum atomic E-state index is 0.213. The van der Waals surface area contributed by atoms with Crippen molar-refractivity contribution in [3.8, 4) is 5.75 Å². The molecule has 0 spiro atoms. The van der Waals surface area contributed by atoms with Crippen LogP contribution in [0.4, 0.5) is 0 Å². The number of quaternary nitrogens is 1. The van der Waals surface area contributed by atoms with Gasteiger partial charge in [-0.2, -0.15) is 0 Å². The number of para-hydroxylation sites is 2. The second-order valence-corrected chi connectivity index (χ2v) is 9.34. The molecule has 1 fully saturated rings. The standard InChI is InChI=1S/C28H26N4O2/c1-33-22-14-29-27(28-24(22)16-8-3-6-11-19(16)31-28)21-13-7-12-20-26-25(23(34-2)15-32(20)21)17-9-4-5-10-18(17)30-26/h3-6,8-11,14-15,20-21,30-31H,7,12-13H2,1-2H3/p+1. The van der Waals surface area contributed by atoms with E-state index in [1.807, 2.05) is 6.20 Å². The molecule has 2 aromatic carbocycles. The summed E-state index contributed by atoms with van der Waals surface area (Å²) in [4.78, 5) is 13.8.